The van der Waals surface area contributed by atoms with E-state index >= 15 is 0 Å². The summed E-state index contributed by atoms with van der Waals surface area (Å²) in [7, 11) is -3.06. The number of hydrogen-bond acceptors (Lipinski definition) is 15. The van der Waals surface area contributed by atoms with Crippen molar-refractivity contribution in [1.82, 2.24) is 0 Å². The van der Waals surface area contributed by atoms with Gasteiger partial charge in [-0.05, 0) is 326 Å². The molecular formula is C124H149O15S3+. The van der Waals surface area contributed by atoms with Crippen LogP contribution in [0.3, 0.4) is 0 Å². The highest BCUT2D eigenvalue weighted by molar-refractivity contribution is 7.97. The Hall–Kier alpha value is -12.5. The Balaban J connectivity index is 0.000000201. The number of benzene rings is 14. The fourth-order valence-electron chi connectivity index (χ4n) is 14.8. The molecule has 15 nitrogen and oxygen atoms in total. The molecule has 0 fully saturated rings. The van der Waals surface area contributed by atoms with E-state index < -0.39 is 21.0 Å². The Bertz CT molecular complexity index is 6130. The molecule has 18 heteroatoms. The van der Waals surface area contributed by atoms with E-state index in [0.717, 1.165) is 72.8 Å². The molecule has 0 saturated carbocycles. The first kappa shape index (κ1) is 115. The Kier molecular flexibility index (Phi) is 47.0. The summed E-state index contributed by atoms with van der Waals surface area (Å²) in [6.07, 6.45) is 5.59. The van der Waals surface area contributed by atoms with Crippen molar-refractivity contribution >= 4 is 57.6 Å². The third kappa shape index (κ3) is 35.9. The molecule has 4 N–H and O–H groups in total. The molecule has 752 valence electrons. The summed E-state index contributed by atoms with van der Waals surface area (Å²) in [5.41, 5.74) is 7.65. The van der Waals surface area contributed by atoms with Crippen molar-refractivity contribution in [2.75, 3.05) is 13.7 Å². The van der Waals surface area contributed by atoms with E-state index in [1.165, 1.54) is 86.3 Å². The average Bonchev–Trinajstić information content (AvgIpc) is 1.60. The summed E-state index contributed by atoms with van der Waals surface area (Å²) in [5, 5.41) is 39.9. The number of hydrogen-bond donors (Lipinski definition) is 4. The monoisotopic (exact) mass is 1970 g/mol. The van der Waals surface area contributed by atoms with E-state index in [0.29, 0.717) is 59.4 Å². The number of phenolic OH excluding ortho intramolecular Hbond substituents is 4. The largest absolute Gasteiger partial charge is 0.744 e. The van der Waals surface area contributed by atoms with Crippen LogP contribution >= 0.6 is 10.5 Å². The van der Waals surface area contributed by atoms with Crippen LogP contribution in [0.5, 0.6) is 46.0 Å². The SMILES string of the molecule is CCC(C)c1ccc(O)c(O)c1.CCC(C)c1ccc(O)cc1.CCC(C)c1ccc(OC(=O)c2ccccc2S(=O)(=O)[O-])cc1.CCC(C)c1ccc(OC(C)OC)cc1.CCC(C)c1ccc(OC(OC(C)(C)C)C(C)(C)c2ccccc2)cc1.CCOC(C)Oc1ccc(C(C)CC)cc1O.c1ccc(-[s+]2c3ccccc3c3ccccc32)cc1.c1ccc([S+](c2ccccc2)c2ccccc2)cc1. The predicted octanol–water partition coefficient (Wildman–Crippen LogP) is 33.3. The first-order valence-electron chi connectivity index (χ1n) is 49.4. The zero-order chi connectivity index (χ0) is 103. The van der Waals surface area contributed by atoms with Crippen molar-refractivity contribution in [3.05, 3.63) is 402 Å². The normalized spacial score (nSPS) is 13.0. The molecule has 0 aliphatic rings. The molecule has 15 aromatic rings. The minimum atomic E-state index is -4.74. The molecule has 1 heterocycles. The molecule has 14 aromatic carbocycles. The van der Waals surface area contributed by atoms with Gasteiger partial charge in [0.05, 0.1) is 32.4 Å². The van der Waals surface area contributed by atoms with E-state index in [-0.39, 0.29) is 74.1 Å². The third-order valence-electron chi connectivity index (χ3n) is 24.7. The van der Waals surface area contributed by atoms with Gasteiger partial charge in [-0.3, -0.25) is 0 Å². The molecule has 0 saturated heterocycles. The number of carbonyl (C=O) groups is 1. The van der Waals surface area contributed by atoms with Crippen LogP contribution in [-0.2, 0) is 40.6 Å². The summed E-state index contributed by atoms with van der Waals surface area (Å²) in [6.45, 7) is 42.6. The van der Waals surface area contributed by atoms with Crippen LogP contribution in [0.2, 0.25) is 0 Å². The maximum absolute atomic E-state index is 12.1. The smallest absolute Gasteiger partial charge is 0.344 e. The van der Waals surface area contributed by atoms with Crippen LogP contribution in [-0.4, -0.2) is 77.6 Å². The van der Waals surface area contributed by atoms with Gasteiger partial charge in [0.1, 0.15) is 33.1 Å². The Morgan fingerprint density at radius 3 is 1.12 bits per heavy atom. The number of phenols is 4. The lowest BCUT2D eigenvalue weighted by atomic mass is 9.83. The Morgan fingerprint density at radius 1 is 0.373 bits per heavy atom. The zero-order valence-corrected chi connectivity index (χ0v) is 89.2. The first-order chi connectivity index (χ1) is 68.0. The lowest BCUT2D eigenvalue weighted by Crippen LogP contribution is -2.44. The van der Waals surface area contributed by atoms with Gasteiger partial charge in [0.25, 0.3) is 0 Å². The molecule has 15 rings (SSSR count). The molecule has 0 aliphatic heterocycles. The van der Waals surface area contributed by atoms with Crippen molar-refractivity contribution in [2.45, 2.75) is 262 Å². The number of ether oxygens (including phenoxy) is 7. The average molecular weight is 1980 g/mol. The fraction of sp³-hybridized carbons (Fsp3) is 0.315. The summed E-state index contributed by atoms with van der Waals surface area (Å²) < 4.78 is 75.7. The standard InChI is InChI=1S/C24H34O2.C18H13S.C18H15S.C17H18O5S.C14H22O3.C13H20O2.C10H14O2.C10H14O/c1-8-18(2)19-14-16-21(17-15-19)25-22(26-23(3,4)5)24(6,7)20-12-10-9-11-13-20;1-2-8-14(9-3-1)19-17-12-6-4-10-15(17)16-11-5-7-13-18(16)19;1-4-10-16(11-5-1)19(17-12-6-2-7-13-17)18-14-8-3-9-15-18;1-3-12(2)13-8-10-14(11-9-13)22-17(18)15-6-4-5-7-16(15)23(19,20)21;1-5-10(3)12-7-8-14(13(15)9-12)17-11(4)16-6-2;1-5-10(2)12-6-8-13(9-7-12)15-11(3)14-4;1-3-7(2)8-4-5-9(11)10(12)6-8;1-3-8(2)9-4-6-10(11)7-5-9/h9-18,22H,8H2,1-7H3;1-13H;1-15H;4-12H,3H2,1-2H3,(H,19,20,21);7-11,15H,5-6H2,1-4H3;6-11H,5H2,1-4H3;4-7,11-12H,3H2,1-2H3;4-8,11H,3H2,1-2H3/q;2*+1;;;;;/p-1. The quantitative estimate of drug-likeness (QED) is 0.00793. The lowest BCUT2D eigenvalue weighted by molar-refractivity contribution is -0.180. The van der Waals surface area contributed by atoms with E-state index in [1.807, 2.05) is 75.4 Å². The molecule has 9 unspecified atom stereocenters. The van der Waals surface area contributed by atoms with Gasteiger partial charge in [0, 0.05) is 35.0 Å². The van der Waals surface area contributed by atoms with Crippen LogP contribution in [0.1, 0.15) is 262 Å². The molecule has 9 atom stereocenters. The predicted molar refractivity (Wildman–Crippen MR) is 587 cm³/mol. The van der Waals surface area contributed by atoms with E-state index in [2.05, 4.69) is 348 Å². The Morgan fingerprint density at radius 2 is 0.725 bits per heavy atom. The lowest BCUT2D eigenvalue weighted by Gasteiger charge is -2.38. The highest BCUT2D eigenvalue weighted by Crippen LogP contribution is 2.48. The molecule has 0 radical (unpaired) electrons. The second kappa shape index (κ2) is 58.2. The fourth-order valence-corrected chi connectivity index (χ4v) is 20.0. The van der Waals surface area contributed by atoms with E-state index in [4.69, 9.17) is 43.4 Å². The molecule has 0 amide bonds. The Labute approximate surface area is 852 Å². The van der Waals surface area contributed by atoms with Gasteiger partial charge in [-0.25, -0.2) is 13.2 Å². The van der Waals surface area contributed by atoms with Gasteiger partial charge in [-0.2, -0.15) is 0 Å². The van der Waals surface area contributed by atoms with Crippen LogP contribution in [0.4, 0.5) is 0 Å². The molecule has 0 spiro atoms. The van der Waals surface area contributed by atoms with Gasteiger partial charge < -0.3 is 58.1 Å². The van der Waals surface area contributed by atoms with Crippen LogP contribution in [0.15, 0.2) is 377 Å². The first-order valence-corrected chi connectivity index (χ1v) is 53.3. The maximum Gasteiger partial charge on any atom is 0.344 e. The molecule has 142 heavy (non-hydrogen) atoms. The zero-order valence-electron chi connectivity index (χ0n) is 86.7. The van der Waals surface area contributed by atoms with Crippen LogP contribution in [0, 0.1) is 0 Å². The summed E-state index contributed by atoms with van der Waals surface area (Å²) >= 11 is 0. The minimum Gasteiger partial charge on any atom is -0.744 e. The van der Waals surface area contributed by atoms with Crippen LogP contribution < -0.4 is 18.9 Å². The summed E-state index contributed by atoms with van der Waals surface area (Å²) in [6, 6.07) is 118. The van der Waals surface area contributed by atoms with Gasteiger partial charge in [-0.1, -0.05) is 283 Å². The van der Waals surface area contributed by atoms with Gasteiger partial charge in [0.15, 0.2) is 64.6 Å². The van der Waals surface area contributed by atoms with Gasteiger partial charge in [-0.15, -0.1) is 0 Å². The number of carbonyl (C=O) groups excluding carboxylic acids is 1. The third-order valence-corrected chi connectivity index (χ3v) is 30.2. The van der Waals surface area contributed by atoms with Crippen LogP contribution in [0.25, 0.3) is 25.1 Å². The number of esters is 1. The topological polar surface area (TPSA) is 220 Å². The molecule has 0 aliphatic carbocycles. The number of rotatable bonds is 31. The highest BCUT2D eigenvalue weighted by atomic mass is 32.2. The van der Waals surface area contributed by atoms with Crippen molar-refractivity contribution < 1.29 is 71.3 Å². The second-order valence-electron chi connectivity index (χ2n) is 36.7. The van der Waals surface area contributed by atoms with E-state index in [1.54, 1.807) is 49.6 Å². The number of fused-ring (bicyclic) bond motifs is 3. The highest BCUT2D eigenvalue weighted by Gasteiger charge is 2.38. The molecule has 1 aromatic heterocycles. The number of thiophene rings is 1. The van der Waals surface area contributed by atoms with Crippen molar-refractivity contribution in [2.24, 2.45) is 0 Å². The number of aromatic hydroxyl groups is 4. The van der Waals surface area contributed by atoms with Crippen molar-refractivity contribution in [3.63, 3.8) is 0 Å². The van der Waals surface area contributed by atoms with Crippen molar-refractivity contribution in [3.8, 4) is 50.9 Å². The molecular weight excluding hydrogens is 1830 g/mol. The second-order valence-corrected chi connectivity index (χ2v) is 42.0. The number of methoxy groups -OCH3 is 1. The molecule has 0 bridgehead atoms. The maximum atomic E-state index is 12.1. The summed E-state index contributed by atoms with van der Waals surface area (Å²) in [5.74, 6) is 5.05. The summed E-state index contributed by atoms with van der Waals surface area (Å²) in [4.78, 5) is 17.0. The van der Waals surface area contributed by atoms with Crippen molar-refractivity contribution in [1.29, 1.82) is 0 Å². The van der Waals surface area contributed by atoms with Gasteiger partial charge >= 0.3 is 5.97 Å². The van der Waals surface area contributed by atoms with E-state index in [9.17, 15) is 28.0 Å². The minimum absolute atomic E-state index is 0.0146. The van der Waals surface area contributed by atoms with Gasteiger partial charge in [0.2, 0.25) is 6.29 Å².